The van der Waals surface area contributed by atoms with Crippen LogP contribution in [0.15, 0.2) is 0 Å². The third-order valence-electron chi connectivity index (χ3n) is 2.49. The Bertz CT molecular complexity index is 339. The van der Waals surface area contributed by atoms with E-state index in [1.165, 1.54) is 8.61 Å². The number of rotatable bonds is 4. The normalized spacial score (nSPS) is 18.6. The number of nitrogens with zero attached hydrogens (tertiary/aromatic N) is 3. The maximum Gasteiger partial charge on any atom is 0.283 e. The van der Waals surface area contributed by atoms with Crippen LogP contribution in [0.1, 0.15) is 26.7 Å². The first-order valence-electron chi connectivity index (χ1n) is 5.14. The van der Waals surface area contributed by atoms with E-state index < -0.39 is 10.2 Å². The fourth-order valence-corrected chi connectivity index (χ4v) is 3.44. The maximum atomic E-state index is 12.1. The molecule has 1 aliphatic heterocycles. The molecule has 1 aliphatic rings. The lowest BCUT2D eigenvalue weighted by Crippen LogP contribution is -2.45. The van der Waals surface area contributed by atoms with Gasteiger partial charge in [-0.1, -0.05) is 0 Å². The Hall–Kier alpha value is -0.640. The van der Waals surface area contributed by atoms with Crippen LogP contribution in [0.2, 0.25) is 0 Å². The summed E-state index contributed by atoms with van der Waals surface area (Å²) in [6.45, 7) is 4.65. The van der Waals surface area contributed by atoms with Crippen molar-refractivity contribution in [1.82, 2.24) is 8.61 Å². The molecular weight excluding hydrogens is 214 g/mol. The van der Waals surface area contributed by atoms with Crippen molar-refractivity contribution in [3.05, 3.63) is 0 Å². The van der Waals surface area contributed by atoms with Crippen LogP contribution in [-0.2, 0) is 10.2 Å². The average molecular weight is 231 g/mol. The second-order valence-corrected chi connectivity index (χ2v) is 5.79. The molecule has 86 valence electrons. The highest BCUT2D eigenvalue weighted by Gasteiger charge is 2.32. The monoisotopic (exact) mass is 231 g/mol. The van der Waals surface area contributed by atoms with Gasteiger partial charge in [0.1, 0.15) is 6.54 Å². The molecule has 0 bridgehead atoms. The molecule has 0 spiro atoms. The van der Waals surface area contributed by atoms with Crippen molar-refractivity contribution < 1.29 is 8.42 Å². The summed E-state index contributed by atoms with van der Waals surface area (Å²) in [5.41, 5.74) is 0. The SMILES string of the molecule is CC(C)N(CC#N)S(=O)(=O)N1CCCC1. The first-order chi connectivity index (χ1) is 7.00. The summed E-state index contributed by atoms with van der Waals surface area (Å²) in [5, 5.41) is 8.62. The van der Waals surface area contributed by atoms with Gasteiger partial charge in [-0.2, -0.15) is 22.3 Å². The van der Waals surface area contributed by atoms with Crippen LogP contribution in [0, 0.1) is 11.3 Å². The second kappa shape index (κ2) is 4.92. The van der Waals surface area contributed by atoms with Crippen LogP contribution in [0.5, 0.6) is 0 Å². The Morgan fingerprint density at radius 3 is 2.33 bits per heavy atom. The summed E-state index contributed by atoms with van der Waals surface area (Å²) >= 11 is 0. The Kier molecular flexibility index (Phi) is 4.08. The van der Waals surface area contributed by atoms with E-state index in [4.69, 9.17) is 5.26 Å². The molecule has 0 amide bonds. The van der Waals surface area contributed by atoms with Crippen molar-refractivity contribution in [2.24, 2.45) is 0 Å². The summed E-state index contributed by atoms with van der Waals surface area (Å²) in [7, 11) is -3.42. The van der Waals surface area contributed by atoms with Crippen LogP contribution >= 0.6 is 0 Å². The molecule has 1 saturated heterocycles. The van der Waals surface area contributed by atoms with Gasteiger partial charge in [0, 0.05) is 19.1 Å². The van der Waals surface area contributed by atoms with Crippen molar-refractivity contribution in [3.63, 3.8) is 0 Å². The summed E-state index contributed by atoms with van der Waals surface area (Å²) in [6.07, 6.45) is 1.83. The molecule has 0 radical (unpaired) electrons. The van der Waals surface area contributed by atoms with E-state index in [1.54, 1.807) is 13.8 Å². The summed E-state index contributed by atoms with van der Waals surface area (Å²) in [5.74, 6) is 0. The topological polar surface area (TPSA) is 64.4 Å². The first-order valence-corrected chi connectivity index (χ1v) is 6.53. The van der Waals surface area contributed by atoms with Gasteiger partial charge >= 0.3 is 0 Å². The zero-order valence-corrected chi connectivity index (χ0v) is 10.00. The number of hydrogen-bond acceptors (Lipinski definition) is 3. The van der Waals surface area contributed by atoms with Crippen LogP contribution in [0.25, 0.3) is 0 Å². The molecule has 0 N–H and O–H groups in total. The largest absolute Gasteiger partial charge is 0.283 e. The molecule has 1 fully saturated rings. The Morgan fingerprint density at radius 2 is 1.93 bits per heavy atom. The minimum absolute atomic E-state index is 0.0729. The van der Waals surface area contributed by atoms with Crippen molar-refractivity contribution in [3.8, 4) is 6.07 Å². The lowest BCUT2D eigenvalue weighted by Gasteiger charge is -2.27. The quantitative estimate of drug-likeness (QED) is 0.664. The molecule has 0 aromatic heterocycles. The molecule has 0 atom stereocenters. The number of hydrogen-bond donors (Lipinski definition) is 0. The maximum absolute atomic E-state index is 12.1. The Balaban J connectivity index is 2.85. The third-order valence-corrected chi connectivity index (χ3v) is 4.65. The molecule has 0 aliphatic carbocycles. The molecule has 15 heavy (non-hydrogen) atoms. The van der Waals surface area contributed by atoms with Crippen LogP contribution in [-0.4, -0.2) is 42.7 Å². The van der Waals surface area contributed by atoms with Crippen LogP contribution in [0.3, 0.4) is 0 Å². The van der Waals surface area contributed by atoms with E-state index in [0.717, 1.165) is 12.8 Å². The molecular formula is C9H17N3O2S. The van der Waals surface area contributed by atoms with E-state index in [1.807, 2.05) is 6.07 Å². The van der Waals surface area contributed by atoms with Crippen molar-refractivity contribution in [2.45, 2.75) is 32.7 Å². The molecule has 1 rings (SSSR count). The molecule has 5 nitrogen and oxygen atoms in total. The predicted octanol–water partition coefficient (Wildman–Crippen LogP) is 0.561. The van der Waals surface area contributed by atoms with E-state index >= 15 is 0 Å². The third kappa shape index (κ3) is 2.68. The van der Waals surface area contributed by atoms with Gasteiger partial charge in [0.05, 0.1) is 6.07 Å². The van der Waals surface area contributed by atoms with Crippen LogP contribution < -0.4 is 0 Å². The predicted molar refractivity (Wildman–Crippen MR) is 57.2 cm³/mol. The average Bonchev–Trinajstić information content (AvgIpc) is 2.66. The van der Waals surface area contributed by atoms with Gasteiger partial charge in [-0.15, -0.1) is 0 Å². The highest BCUT2D eigenvalue weighted by molar-refractivity contribution is 7.86. The highest BCUT2D eigenvalue weighted by atomic mass is 32.2. The molecule has 0 aromatic carbocycles. The van der Waals surface area contributed by atoms with Crippen molar-refractivity contribution in [2.75, 3.05) is 19.6 Å². The second-order valence-electron chi connectivity index (χ2n) is 3.91. The Labute approximate surface area is 91.5 Å². The zero-order valence-electron chi connectivity index (χ0n) is 9.18. The van der Waals surface area contributed by atoms with Gasteiger partial charge in [-0.25, -0.2) is 0 Å². The highest BCUT2D eigenvalue weighted by Crippen LogP contribution is 2.17. The summed E-state index contributed by atoms with van der Waals surface area (Å²) in [4.78, 5) is 0. The van der Waals surface area contributed by atoms with Gasteiger partial charge in [0.2, 0.25) is 0 Å². The lowest BCUT2D eigenvalue weighted by molar-refractivity contribution is 0.341. The van der Waals surface area contributed by atoms with E-state index in [9.17, 15) is 8.42 Å². The minimum atomic E-state index is -3.42. The van der Waals surface area contributed by atoms with Crippen LogP contribution in [0.4, 0.5) is 0 Å². The zero-order chi connectivity index (χ0) is 11.5. The first kappa shape index (κ1) is 12.4. The fraction of sp³-hybridized carbons (Fsp3) is 0.889. The summed E-state index contributed by atoms with van der Waals surface area (Å²) in [6, 6.07) is 1.73. The van der Waals surface area contributed by atoms with Gasteiger partial charge in [0.15, 0.2) is 0 Å². The molecule has 6 heteroatoms. The Morgan fingerprint density at radius 1 is 1.40 bits per heavy atom. The smallest absolute Gasteiger partial charge is 0.197 e. The van der Waals surface area contributed by atoms with E-state index in [-0.39, 0.29) is 12.6 Å². The van der Waals surface area contributed by atoms with Gasteiger partial charge < -0.3 is 0 Å². The van der Waals surface area contributed by atoms with E-state index in [2.05, 4.69) is 0 Å². The fourth-order valence-electron chi connectivity index (χ4n) is 1.67. The standard InChI is InChI=1S/C9H17N3O2S/c1-9(2)12(8-5-10)15(13,14)11-6-3-4-7-11/h9H,3-4,6-8H2,1-2H3. The molecule has 1 heterocycles. The molecule has 0 unspecified atom stereocenters. The van der Waals surface area contributed by atoms with Crippen molar-refractivity contribution >= 4 is 10.2 Å². The lowest BCUT2D eigenvalue weighted by atomic mass is 10.4. The number of nitriles is 1. The van der Waals surface area contributed by atoms with E-state index in [0.29, 0.717) is 13.1 Å². The van der Waals surface area contributed by atoms with Crippen molar-refractivity contribution in [1.29, 1.82) is 5.26 Å². The van der Waals surface area contributed by atoms with Gasteiger partial charge in [-0.3, -0.25) is 0 Å². The minimum Gasteiger partial charge on any atom is -0.197 e. The van der Waals surface area contributed by atoms with Gasteiger partial charge in [-0.05, 0) is 26.7 Å². The molecule has 0 saturated carbocycles. The molecule has 0 aromatic rings. The van der Waals surface area contributed by atoms with Gasteiger partial charge in [0.25, 0.3) is 10.2 Å². The summed E-state index contributed by atoms with van der Waals surface area (Å²) < 4.78 is 26.8.